The molecule has 3 aromatic carbocycles. The van der Waals surface area contributed by atoms with E-state index in [0.29, 0.717) is 10.6 Å². The Morgan fingerprint density at radius 3 is 2.21 bits per heavy atom. The number of likely N-dealkylation sites (N-methyl/N-ethyl adjacent to an activating group) is 1. The molecule has 0 aliphatic heterocycles. The minimum atomic E-state index is -0.830. The van der Waals surface area contributed by atoms with Crippen LogP contribution < -0.4 is 5.32 Å². The van der Waals surface area contributed by atoms with E-state index in [4.69, 9.17) is 11.6 Å². The maximum atomic E-state index is 13.5. The van der Waals surface area contributed by atoms with Gasteiger partial charge in [0.2, 0.25) is 11.8 Å². The number of benzene rings is 3. The van der Waals surface area contributed by atoms with Crippen LogP contribution in [0.4, 0.5) is 5.69 Å². The normalized spacial score (nSPS) is 11.5. The number of nitro benzene ring substituents is 1. The molecule has 3 aromatic rings. The van der Waals surface area contributed by atoms with Crippen molar-refractivity contribution in [2.24, 2.45) is 0 Å². The van der Waals surface area contributed by atoms with E-state index in [1.54, 1.807) is 42.5 Å². The van der Waals surface area contributed by atoms with Gasteiger partial charge in [-0.3, -0.25) is 19.7 Å². The van der Waals surface area contributed by atoms with Gasteiger partial charge in [-0.2, -0.15) is 0 Å². The van der Waals surface area contributed by atoms with Gasteiger partial charge in [0, 0.05) is 36.7 Å². The van der Waals surface area contributed by atoms with E-state index in [9.17, 15) is 19.7 Å². The van der Waals surface area contributed by atoms with Crippen molar-refractivity contribution in [3.8, 4) is 0 Å². The van der Waals surface area contributed by atoms with Crippen LogP contribution in [0.5, 0.6) is 0 Å². The third kappa shape index (κ3) is 6.17. The molecule has 1 N–H and O–H groups in total. The fourth-order valence-electron chi connectivity index (χ4n) is 3.63. The van der Waals surface area contributed by atoms with Crippen LogP contribution in [0, 0.1) is 10.1 Å². The highest BCUT2D eigenvalue weighted by Gasteiger charge is 2.31. The number of halogens is 1. The number of carbonyl (C=O) groups is 2. The molecule has 0 saturated carbocycles. The number of nitrogens with zero attached hydrogens (tertiary/aromatic N) is 2. The van der Waals surface area contributed by atoms with Gasteiger partial charge >= 0.3 is 0 Å². The summed E-state index contributed by atoms with van der Waals surface area (Å²) >= 11 is 6.35. The van der Waals surface area contributed by atoms with Crippen molar-refractivity contribution in [1.29, 1.82) is 0 Å². The highest BCUT2D eigenvalue weighted by Crippen LogP contribution is 2.23. The molecule has 0 radical (unpaired) electrons. The Hall–Kier alpha value is -3.71. The summed E-state index contributed by atoms with van der Waals surface area (Å²) in [4.78, 5) is 38.8. The fraction of sp³-hybridized carbons (Fsp3) is 0.200. The van der Waals surface area contributed by atoms with Crippen LogP contribution in [-0.2, 0) is 29.0 Å². The second-order valence-corrected chi connectivity index (χ2v) is 7.90. The lowest BCUT2D eigenvalue weighted by Crippen LogP contribution is -2.50. The van der Waals surface area contributed by atoms with Crippen LogP contribution in [0.2, 0.25) is 5.02 Å². The van der Waals surface area contributed by atoms with E-state index in [1.165, 1.54) is 18.0 Å². The Bertz CT molecular complexity index is 1140. The smallest absolute Gasteiger partial charge is 0.273 e. The Kier molecular flexibility index (Phi) is 8.16. The van der Waals surface area contributed by atoms with Gasteiger partial charge in [0.25, 0.3) is 5.69 Å². The summed E-state index contributed by atoms with van der Waals surface area (Å²) in [6.07, 6.45) is 0.0669. The van der Waals surface area contributed by atoms with Gasteiger partial charge in [-0.15, -0.1) is 0 Å². The lowest BCUT2D eigenvalue weighted by molar-refractivity contribution is -0.385. The van der Waals surface area contributed by atoms with E-state index in [-0.39, 0.29) is 36.5 Å². The van der Waals surface area contributed by atoms with Crippen LogP contribution in [0.1, 0.15) is 16.7 Å². The second-order valence-electron chi connectivity index (χ2n) is 7.50. The first-order valence-corrected chi connectivity index (χ1v) is 10.8. The van der Waals surface area contributed by atoms with Gasteiger partial charge in [-0.05, 0) is 17.2 Å². The van der Waals surface area contributed by atoms with Crippen molar-refractivity contribution in [2.45, 2.75) is 25.4 Å². The van der Waals surface area contributed by atoms with Gasteiger partial charge in [0.1, 0.15) is 6.04 Å². The number of hydrogen-bond acceptors (Lipinski definition) is 4. The number of para-hydroxylation sites is 1. The number of hydrogen-bond donors (Lipinski definition) is 1. The molecule has 0 heterocycles. The average Bonchev–Trinajstić information content (AvgIpc) is 2.82. The molecule has 0 spiro atoms. The standard InChI is InChI=1S/C25H24ClN3O4/c1-27-25(31)23(15-18-9-3-2-4-10-18)28(17-20-12-5-7-13-21(20)26)24(30)16-19-11-6-8-14-22(19)29(32)33/h2-14,23H,15-17H2,1H3,(H,27,31). The number of carbonyl (C=O) groups excluding carboxylic acids is 2. The zero-order valence-corrected chi connectivity index (χ0v) is 18.9. The Morgan fingerprint density at radius 1 is 0.970 bits per heavy atom. The molecular formula is C25H24ClN3O4. The predicted octanol–water partition coefficient (Wildman–Crippen LogP) is 4.18. The largest absolute Gasteiger partial charge is 0.357 e. The van der Waals surface area contributed by atoms with Crippen molar-refractivity contribution >= 4 is 29.1 Å². The lowest BCUT2D eigenvalue weighted by Gasteiger charge is -2.31. The molecule has 0 fully saturated rings. The summed E-state index contributed by atoms with van der Waals surface area (Å²) in [7, 11) is 1.51. The summed E-state index contributed by atoms with van der Waals surface area (Å²) in [5.41, 5.74) is 1.71. The topological polar surface area (TPSA) is 92.6 Å². The highest BCUT2D eigenvalue weighted by atomic mass is 35.5. The van der Waals surface area contributed by atoms with Crippen molar-refractivity contribution in [3.63, 3.8) is 0 Å². The molecule has 0 aliphatic rings. The molecule has 0 aliphatic carbocycles. The van der Waals surface area contributed by atoms with Crippen LogP contribution in [-0.4, -0.2) is 34.7 Å². The third-order valence-electron chi connectivity index (χ3n) is 5.35. The summed E-state index contributed by atoms with van der Waals surface area (Å²) in [6.45, 7) is 0.0874. The summed E-state index contributed by atoms with van der Waals surface area (Å²) in [6, 6.07) is 21.7. The summed E-state index contributed by atoms with van der Waals surface area (Å²) in [5, 5.41) is 14.5. The zero-order chi connectivity index (χ0) is 23.8. The molecular weight excluding hydrogens is 442 g/mol. The number of rotatable bonds is 9. The molecule has 3 rings (SSSR count). The minimum Gasteiger partial charge on any atom is -0.357 e. The maximum absolute atomic E-state index is 13.5. The predicted molar refractivity (Wildman–Crippen MR) is 127 cm³/mol. The van der Waals surface area contributed by atoms with E-state index < -0.39 is 16.9 Å². The fourth-order valence-corrected chi connectivity index (χ4v) is 3.83. The Balaban J connectivity index is 2.00. The minimum absolute atomic E-state index is 0.0874. The highest BCUT2D eigenvalue weighted by molar-refractivity contribution is 6.31. The lowest BCUT2D eigenvalue weighted by atomic mass is 10.0. The molecule has 8 heteroatoms. The molecule has 0 aromatic heterocycles. The molecule has 1 unspecified atom stereocenters. The van der Waals surface area contributed by atoms with Crippen molar-refractivity contribution in [3.05, 3.63) is 111 Å². The summed E-state index contributed by atoms with van der Waals surface area (Å²) < 4.78 is 0. The zero-order valence-electron chi connectivity index (χ0n) is 18.1. The number of nitro groups is 1. The average molecular weight is 466 g/mol. The molecule has 33 heavy (non-hydrogen) atoms. The van der Waals surface area contributed by atoms with E-state index >= 15 is 0 Å². The van der Waals surface area contributed by atoms with E-state index in [2.05, 4.69) is 5.32 Å². The van der Waals surface area contributed by atoms with Crippen LogP contribution in [0.3, 0.4) is 0 Å². The van der Waals surface area contributed by atoms with Crippen LogP contribution in [0.25, 0.3) is 0 Å². The first kappa shape index (κ1) is 23.9. The maximum Gasteiger partial charge on any atom is 0.273 e. The monoisotopic (exact) mass is 465 g/mol. The molecule has 0 saturated heterocycles. The van der Waals surface area contributed by atoms with Gasteiger partial charge < -0.3 is 10.2 Å². The first-order chi connectivity index (χ1) is 15.9. The van der Waals surface area contributed by atoms with Gasteiger partial charge in [-0.1, -0.05) is 78.3 Å². The second kappa shape index (κ2) is 11.2. The molecule has 170 valence electrons. The van der Waals surface area contributed by atoms with Gasteiger partial charge in [0.15, 0.2) is 0 Å². The van der Waals surface area contributed by atoms with Crippen LogP contribution in [0.15, 0.2) is 78.9 Å². The van der Waals surface area contributed by atoms with Crippen molar-refractivity contribution in [2.75, 3.05) is 7.05 Å². The van der Waals surface area contributed by atoms with E-state index in [0.717, 1.165) is 5.56 Å². The molecule has 7 nitrogen and oxygen atoms in total. The van der Waals surface area contributed by atoms with Crippen LogP contribution >= 0.6 is 11.6 Å². The molecule has 2 amide bonds. The van der Waals surface area contributed by atoms with Gasteiger partial charge in [0.05, 0.1) is 11.3 Å². The first-order valence-electron chi connectivity index (χ1n) is 10.4. The number of nitrogens with one attached hydrogen (secondary N) is 1. The van der Waals surface area contributed by atoms with Gasteiger partial charge in [-0.25, -0.2) is 0 Å². The van der Waals surface area contributed by atoms with E-state index in [1.807, 2.05) is 30.3 Å². The number of amides is 2. The summed E-state index contributed by atoms with van der Waals surface area (Å²) in [5.74, 6) is -0.740. The van der Waals surface area contributed by atoms with Crippen molar-refractivity contribution in [1.82, 2.24) is 10.2 Å². The third-order valence-corrected chi connectivity index (χ3v) is 5.71. The quantitative estimate of drug-likeness (QED) is 0.379. The Morgan fingerprint density at radius 2 is 1.58 bits per heavy atom. The SMILES string of the molecule is CNC(=O)C(Cc1ccccc1)N(Cc1ccccc1Cl)C(=O)Cc1ccccc1[N+](=O)[O-]. The Labute approximate surface area is 197 Å². The molecule has 0 bridgehead atoms. The molecule has 1 atom stereocenters. The van der Waals surface area contributed by atoms with Crippen molar-refractivity contribution < 1.29 is 14.5 Å².